The highest BCUT2D eigenvalue weighted by Gasteiger charge is 2.19. The van der Waals surface area contributed by atoms with Crippen molar-refractivity contribution in [3.8, 4) is 0 Å². The third-order valence-electron chi connectivity index (χ3n) is 10.9. The minimum atomic E-state index is -0.776. The number of esters is 3. The van der Waals surface area contributed by atoms with Crippen molar-refractivity contribution in [2.45, 2.75) is 264 Å². The van der Waals surface area contributed by atoms with E-state index in [1.54, 1.807) is 0 Å². The first-order chi connectivity index (χ1) is 28.5. The Balaban J connectivity index is 4.38. The maximum atomic E-state index is 12.8. The molecule has 0 saturated carbocycles. The van der Waals surface area contributed by atoms with Crippen LogP contribution in [0.1, 0.15) is 258 Å². The van der Waals surface area contributed by atoms with Gasteiger partial charge in [-0.2, -0.15) is 0 Å². The second kappa shape index (κ2) is 47.3. The third kappa shape index (κ3) is 44.7. The van der Waals surface area contributed by atoms with Crippen molar-refractivity contribution in [1.29, 1.82) is 0 Å². The van der Waals surface area contributed by atoms with Gasteiger partial charge in [0.1, 0.15) is 13.2 Å². The SMILES string of the molecule is CCCCC/C=C\C/C=C\CCCCCCCC(=O)OC[C@@H](COC(=O)CCCCCCC/C=C\CCCCC)OC(=O)CCCCCCCCCCCCCCC. The molecule has 0 fully saturated rings. The average molecular weight is 815 g/mol. The Labute approximate surface area is 359 Å². The molecule has 1 atom stereocenters. The zero-order chi connectivity index (χ0) is 42.3. The van der Waals surface area contributed by atoms with Crippen LogP contribution in [0, 0.1) is 0 Å². The second-order valence-corrected chi connectivity index (χ2v) is 16.7. The van der Waals surface area contributed by atoms with Crippen molar-refractivity contribution in [2.24, 2.45) is 0 Å². The van der Waals surface area contributed by atoms with Crippen LogP contribution in [0.15, 0.2) is 36.5 Å². The van der Waals surface area contributed by atoms with E-state index in [2.05, 4.69) is 57.2 Å². The van der Waals surface area contributed by atoms with E-state index in [0.29, 0.717) is 19.3 Å². The van der Waals surface area contributed by atoms with E-state index in [1.165, 1.54) is 135 Å². The van der Waals surface area contributed by atoms with Crippen LogP contribution in [0.5, 0.6) is 0 Å². The maximum absolute atomic E-state index is 12.8. The number of rotatable bonds is 45. The normalized spacial score (nSPS) is 12.3. The van der Waals surface area contributed by atoms with E-state index in [1.807, 2.05) is 0 Å². The lowest BCUT2D eigenvalue weighted by atomic mass is 10.0. The summed E-state index contributed by atoms with van der Waals surface area (Å²) in [4.78, 5) is 37.9. The van der Waals surface area contributed by atoms with E-state index in [0.717, 1.165) is 83.5 Å². The molecule has 0 saturated heterocycles. The van der Waals surface area contributed by atoms with Crippen LogP contribution >= 0.6 is 0 Å². The summed E-state index contributed by atoms with van der Waals surface area (Å²) < 4.78 is 16.8. The van der Waals surface area contributed by atoms with Crippen molar-refractivity contribution in [1.82, 2.24) is 0 Å². The topological polar surface area (TPSA) is 78.9 Å². The summed E-state index contributed by atoms with van der Waals surface area (Å²) in [6.45, 7) is 6.58. The fourth-order valence-electron chi connectivity index (χ4n) is 7.05. The summed E-state index contributed by atoms with van der Waals surface area (Å²) in [7, 11) is 0. The molecule has 6 nitrogen and oxygen atoms in total. The van der Waals surface area contributed by atoms with Gasteiger partial charge in [-0.05, 0) is 77.0 Å². The lowest BCUT2D eigenvalue weighted by Gasteiger charge is -2.18. The molecular weight excluding hydrogens is 721 g/mol. The van der Waals surface area contributed by atoms with Gasteiger partial charge in [-0.25, -0.2) is 0 Å². The molecule has 338 valence electrons. The number of allylic oxidation sites excluding steroid dienone is 6. The highest BCUT2D eigenvalue weighted by molar-refractivity contribution is 5.71. The zero-order valence-corrected chi connectivity index (χ0v) is 38.6. The van der Waals surface area contributed by atoms with Crippen LogP contribution in [0.4, 0.5) is 0 Å². The molecular formula is C52H94O6. The number of hydrogen-bond acceptors (Lipinski definition) is 6. The van der Waals surface area contributed by atoms with E-state index in [-0.39, 0.29) is 31.1 Å². The molecule has 0 N–H and O–H groups in total. The molecule has 0 spiro atoms. The summed E-state index contributed by atoms with van der Waals surface area (Å²) in [5.74, 6) is -0.893. The van der Waals surface area contributed by atoms with Crippen LogP contribution in [0.25, 0.3) is 0 Å². The fraction of sp³-hybridized carbons (Fsp3) is 0.827. The Kier molecular flexibility index (Phi) is 45.4. The molecule has 0 unspecified atom stereocenters. The molecule has 0 aliphatic carbocycles. The number of carbonyl (C=O) groups excluding carboxylic acids is 3. The predicted octanol–water partition coefficient (Wildman–Crippen LogP) is 16.1. The number of hydrogen-bond donors (Lipinski definition) is 0. The smallest absolute Gasteiger partial charge is 0.306 e. The fourth-order valence-corrected chi connectivity index (χ4v) is 7.05. The Bertz CT molecular complexity index is 984. The molecule has 0 aliphatic heterocycles. The van der Waals surface area contributed by atoms with Gasteiger partial charge in [0.25, 0.3) is 0 Å². The van der Waals surface area contributed by atoms with Crippen molar-refractivity contribution >= 4 is 17.9 Å². The Morgan fingerprint density at radius 2 is 0.621 bits per heavy atom. The van der Waals surface area contributed by atoms with E-state index < -0.39 is 6.10 Å². The minimum Gasteiger partial charge on any atom is -0.462 e. The van der Waals surface area contributed by atoms with Crippen LogP contribution < -0.4 is 0 Å². The summed E-state index contributed by atoms with van der Waals surface area (Å²) in [5.41, 5.74) is 0. The first kappa shape index (κ1) is 55.6. The van der Waals surface area contributed by atoms with Gasteiger partial charge in [-0.3, -0.25) is 14.4 Å². The predicted molar refractivity (Wildman–Crippen MR) is 247 cm³/mol. The van der Waals surface area contributed by atoms with Gasteiger partial charge in [0.2, 0.25) is 0 Å². The van der Waals surface area contributed by atoms with Crippen LogP contribution in [0.2, 0.25) is 0 Å². The van der Waals surface area contributed by atoms with Crippen molar-refractivity contribution in [3.63, 3.8) is 0 Å². The van der Waals surface area contributed by atoms with Gasteiger partial charge in [0.15, 0.2) is 6.10 Å². The van der Waals surface area contributed by atoms with Gasteiger partial charge < -0.3 is 14.2 Å². The Hall–Kier alpha value is -2.37. The number of unbranched alkanes of at least 4 members (excludes halogenated alkanes) is 28. The monoisotopic (exact) mass is 815 g/mol. The molecule has 0 aliphatic rings. The highest BCUT2D eigenvalue weighted by Crippen LogP contribution is 2.15. The molecule has 0 rings (SSSR count). The molecule has 0 aromatic carbocycles. The van der Waals surface area contributed by atoms with E-state index in [9.17, 15) is 14.4 Å². The largest absolute Gasteiger partial charge is 0.462 e. The van der Waals surface area contributed by atoms with Crippen molar-refractivity contribution in [3.05, 3.63) is 36.5 Å². The van der Waals surface area contributed by atoms with E-state index >= 15 is 0 Å². The first-order valence-electron chi connectivity index (χ1n) is 25.0. The second-order valence-electron chi connectivity index (χ2n) is 16.7. The van der Waals surface area contributed by atoms with Gasteiger partial charge in [-0.15, -0.1) is 0 Å². The molecule has 58 heavy (non-hydrogen) atoms. The standard InChI is InChI=1S/C52H94O6/c1-4-7-10-13-16-19-22-25-26-28-30-33-36-39-42-45-51(54)57-48-49(47-56-50(53)44-41-38-35-32-29-24-21-18-15-12-9-6-3)58-52(55)46-43-40-37-34-31-27-23-20-17-14-11-8-5-2/h16,18-19,21,25-26,49H,4-15,17,20,22-24,27-48H2,1-3H3/b19-16-,21-18-,26-25-/t49-/m1/s1. The molecule has 0 radical (unpaired) electrons. The molecule has 0 aromatic rings. The van der Waals surface area contributed by atoms with Crippen LogP contribution in [-0.2, 0) is 28.6 Å². The first-order valence-corrected chi connectivity index (χ1v) is 25.0. The van der Waals surface area contributed by atoms with Crippen LogP contribution in [0.3, 0.4) is 0 Å². The minimum absolute atomic E-state index is 0.0786. The zero-order valence-electron chi connectivity index (χ0n) is 38.6. The van der Waals surface area contributed by atoms with Gasteiger partial charge in [0.05, 0.1) is 0 Å². The maximum Gasteiger partial charge on any atom is 0.306 e. The van der Waals surface area contributed by atoms with Crippen LogP contribution in [-0.4, -0.2) is 37.2 Å². The summed E-state index contributed by atoms with van der Waals surface area (Å²) in [6, 6.07) is 0. The summed E-state index contributed by atoms with van der Waals surface area (Å²) in [6.07, 6.45) is 54.0. The Morgan fingerprint density at radius 1 is 0.345 bits per heavy atom. The average Bonchev–Trinajstić information content (AvgIpc) is 3.22. The molecule has 0 bridgehead atoms. The lowest BCUT2D eigenvalue weighted by Crippen LogP contribution is -2.30. The van der Waals surface area contributed by atoms with Crippen molar-refractivity contribution in [2.75, 3.05) is 13.2 Å². The highest BCUT2D eigenvalue weighted by atomic mass is 16.6. The van der Waals surface area contributed by atoms with Gasteiger partial charge in [-0.1, -0.05) is 198 Å². The molecule has 0 amide bonds. The summed E-state index contributed by atoms with van der Waals surface area (Å²) >= 11 is 0. The quantitative estimate of drug-likeness (QED) is 0.0264. The molecule has 0 aromatic heterocycles. The lowest BCUT2D eigenvalue weighted by molar-refractivity contribution is -0.167. The van der Waals surface area contributed by atoms with E-state index in [4.69, 9.17) is 14.2 Å². The molecule has 0 heterocycles. The van der Waals surface area contributed by atoms with Gasteiger partial charge in [0, 0.05) is 19.3 Å². The number of carbonyl (C=O) groups is 3. The third-order valence-corrected chi connectivity index (χ3v) is 10.9. The molecule has 6 heteroatoms. The summed E-state index contributed by atoms with van der Waals surface area (Å²) in [5, 5.41) is 0. The van der Waals surface area contributed by atoms with Gasteiger partial charge >= 0.3 is 17.9 Å². The number of ether oxygens (including phenoxy) is 3. The Morgan fingerprint density at radius 3 is 1.00 bits per heavy atom. The van der Waals surface area contributed by atoms with Crippen molar-refractivity contribution < 1.29 is 28.6 Å².